The molecular weight excluding hydrogens is 388 g/mol. The molecule has 6 nitrogen and oxygen atoms in total. The summed E-state index contributed by atoms with van der Waals surface area (Å²) in [4.78, 5) is 17.0. The first-order valence-electron chi connectivity index (χ1n) is 10.9. The van der Waals surface area contributed by atoms with Crippen LogP contribution in [0.1, 0.15) is 24.0 Å². The molecule has 0 unspecified atom stereocenters. The zero-order valence-corrected chi connectivity index (χ0v) is 17.7. The average Bonchev–Trinajstić information content (AvgIpc) is 2.84. The molecule has 2 aromatic rings. The van der Waals surface area contributed by atoms with Gasteiger partial charge in [0.15, 0.2) is 0 Å². The first-order chi connectivity index (χ1) is 15.2. The Morgan fingerprint density at radius 3 is 2.13 bits per heavy atom. The first kappa shape index (κ1) is 21.0. The summed E-state index contributed by atoms with van der Waals surface area (Å²) in [6.45, 7) is 5.17. The second-order valence-electron chi connectivity index (χ2n) is 7.95. The second-order valence-corrected chi connectivity index (χ2v) is 7.95. The van der Waals surface area contributed by atoms with Crippen molar-refractivity contribution in [1.29, 1.82) is 5.26 Å². The van der Waals surface area contributed by atoms with Crippen LogP contribution in [0, 0.1) is 11.3 Å². The molecular formula is C25H28N4O2. The molecule has 0 radical (unpaired) electrons. The smallest absolute Gasteiger partial charge is 0.244 e. The van der Waals surface area contributed by atoms with Crippen molar-refractivity contribution in [3.63, 3.8) is 0 Å². The van der Waals surface area contributed by atoms with E-state index in [2.05, 4.69) is 33.3 Å². The van der Waals surface area contributed by atoms with Gasteiger partial charge in [0.1, 0.15) is 0 Å². The number of nitrogens with zero attached hydrogens (tertiary/aromatic N) is 3. The Morgan fingerprint density at radius 2 is 1.52 bits per heavy atom. The SMILES string of the molecule is N#Cc1ccc(N2CCC(NC(=O)/C=C/c3ccc(N4CCOCC4)cc3)CC2)cc1. The lowest BCUT2D eigenvalue weighted by Gasteiger charge is -2.33. The van der Waals surface area contributed by atoms with E-state index in [1.165, 1.54) is 5.69 Å². The third kappa shape index (κ3) is 5.65. The number of benzene rings is 2. The second kappa shape index (κ2) is 10.1. The van der Waals surface area contributed by atoms with E-state index in [4.69, 9.17) is 10.00 Å². The zero-order valence-electron chi connectivity index (χ0n) is 17.7. The molecule has 0 spiro atoms. The van der Waals surface area contributed by atoms with Gasteiger partial charge in [0, 0.05) is 49.7 Å². The zero-order chi connectivity index (χ0) is 21.5. The van der Waals surface area contributed by atoms with Gasteiger partial charge in [-0.25, -0.2) is 0 Å². The van der Waals surface area contributed by atoms with E-state index >= 15 is 0 Å². The minimum absolute atomic E-state index is 0.0471. The van der Waals surface area contributed by atoms with Gasteiger partial charge in [-0.15, -0.1) is 0 Å². The van der Waals surface area contributed by atoms with Gasteiger partial charge in [-0.05, 0) is 60.9 Å². The number of nitriles is 1. The maximum atomic E-state index is 12.4. The molecule has 6 heteroatoms. The molecule has 0 bridgehead atoms. The largest absolute Gasteiger partial charge is 0.378 e. The highest BCUT2D eigenvalue weighted by Gasteiger charge is 2.20. The number of carbonyl (C=O) groups excluding carboxylic acids is 1. The molecule has 0 atom stereocenters. The molecule has 31 heavy (non-hydrogen) atoms. The van der Waals surface area contributed by atoms with E-state index in [1.54, 1.807) is 6.08 Å². The maximum absolute atomic E-state index is 12.4. The standard InChI is InChI=1S/C25H28N4O2/c26-19-21-3-8-23(9-4-21)28-13-11-22(12-14-28)27-25(30)10-5-20-1-6-24(7-2-20)29-15-17-31-18-16-29/h1-10,22H,11-18H2,(H,27,30)/b10-5+. The third-order valence-corrected chi connectivity index (χ3v) is 5.90. The average molecular weight is 417 g/mol. The Morgan fingerprint density at radius 1 is 0.935 bits per heavy atom. The number of ether oxygens (including phenoxy) is 1. The Hall–Kier alpha value is -3.30. The van der Waals surface area contributed by atoms with Gasteiger partial charge in [0.25, 0.3) is 0 Å². The van der Waals surface area contributed by atoms with Gasteiger partial charge < -0.3 is 19.9 Å². The summed E-state index contributed by atoms with van der Waals surface area (Å²) in [7, 11) is 0. The summed E-state index contributed by atoms with van der Waals surface area (Å²) in [5.41, 5.74) is 4.01. The van der Waals surface area contributed by atoms with Crippen molar-refractivity contribution in [3.8, 4) is 6.07 Å². The van der Waals surface area contributed by atoms with Crippen LogP contribution in [0.15, 0.2) is 54.6 Å². The molecule has 2 aliphatic heterocycles. The fraction of sp³-hybridized carbons (Fsp3) is 0.360. The predicted octanol–water partition coefficient (Wildman–Crippen LogP) is 3.19. The Balaban J connectivity index is 1.23. The number of carbonyl (C=O) groups is 1. The van der Waals surface area contributed by atoms with Crippen LogP contribution in [0.5, 0.6) is 0 Å². The summed E-state index contributed by atoms with van der Waals surface area (Å²) in [6.07, 6.45) is 5.31. The number of anilines is 2. The van der Waals surface area contributed by atoms with Gasteiger partial charge in [0.05, 0.1) is 24.8 Å². The third-order valence-electron chi connectivity index (χ3n) is 5.90. The lowest BCUT2D eigenvalue weighted by Crippen LogP contribution is -2.44. The lowest BCUT2D eigenvalue weighted by atomic mass is 10.0. The number of amides is 1. The first-order valence-corrected chi connectivity index (χ1v) is 10.9. The number of morpholine rings is 1. The molecule has 2 saturated heterocycles. The van der Waals surface area contributed by atoms with Crippen molar-refractivity contribution < 1.29 is 9.53 Å². The molecule has 2 aliphatic rings. The van der Waals surface area contributed by atoms with Gasteiger partial charge in [0.2, 0.25) is 5.91 Å². The number of piperidine rings is 1. The van der Waals surface area contributed by atoms with Crippen molar-refractivity contribution in [3.05, 3.63) is 65.7 Å². The number of hydrogen-bond donors (Lipinski definition) is 1. The van der Waals surface area contributed by atoms with Crippen LogP contribution in [0.25, 0.3) is 6.08 Å². The Bertz CT molecular complexity index is 933. The minimum atomic E-state index is -0.0471. The number of rotatable bonds is 5. The molecule has 0 aromatic heterocycles. The van der Waals surface area contributed by atoms with Crippen LogP contribution < -0.4 is 15.1 Å². The molecule has 2 heterocycles. The highest BCUT2D eigenvalue weighted by atomic mass is 16.5. The van der Waals surface area contributed by atoms with Crippen molar-refractivity contribution in [2.24, 2.45) is 0 Å². The minimum Gasteiger partial charge on any atom is -0.378 e. The lowest BCUT2D eigenvalue weighted by molar-refractivity contribution is -0.117. The van der Waals surface area contributed by atoms with E-state index in [-0.39, 0.29) is 11.9 Å². The highest BCUT2D eigenvalue weighted by molar-refractivity contribution is 5.92. The van der Waals surface area contributed by atoms with Gasteiger partial charge in [-0.2, -0.15) is 5.26 Å². The van der Waals surface area contributed by atoms with Crippen molar-refractivity contribution in [1.82, 2.24) is 5.32 Å². The van der Waals surface area contributed by atoms with Gasteiger partial charge in [-0.3, -0.25) is 4.79 Å². The fourth-order valence-electron chi connectivity index (χ4n) is 4.07. The van der Waals surface area contributed by atoms with E-state index in [1.807, 2.05) is 42.5 Å². The van der Waals surface area contributed by atoms with Crippen LogP contribution in [0.3, 0.4) is 0 Å². The van der Waals surface area contributed by atoms with E-state index in [0.29, 0.717) is 5.56 Å². The fourth-order valence-corrected chi connectivity index (χ4v) is 4.07. The summed E-state index contributed by atoms with van der Waals surface area (Å²) in [5.74, 6) is -0.0471. The van der Waals surface area contributed by atoms with Crippen LogP contribution in [-0.4, -0.2) is 51.3 Å². The summed E-state index contributed by atoms with van der Waals surface area (Å²) < 4.78 is 5.40. The molecule has 1 N–H and O–H groups in total. The molecule has 160 valence electrons. The van der Waals surface area contributed by atoms with E-state index in [9.17, 15) is 4.79 Å². The summed E-state index contributed by atoms with van der Waals surface area (Å²) in [5, 5.41) is 12.0. The molecule has 2 fully saturated rings. The maximum Gasteiger partial charge on any atom is 0.244 e. The topological polar surface area (TPSA) is 68.6 Å². The Labute approximate surface area is 183 Å². The van der Waals surface area contributed by atoms with Crippen LogP contribution in [-0.2, 0) is 9.53 Å². The number of nitrogens with one attached hydrogen (secondary N) is 1. The molecule has 0 saturated carbocycles. The number of hydrogen-bond acceptors (Lipinski definition) is 5. The summed E-state index contributed by atoms with van der Waals surface area (Å²) in [6, 6.07) is 18.3. The van der Waals surface area contributed by atoms with E-state index in [0.717, 1.165) is 63.5 Å². The highest BCUT2D eigenvalue weighted by Crippen LogP contribution is 2.21. The van der Waals surface area contributed by atoms with Crippen molar-refractivity contribution in [2.45, 2.75) is 18.9 Å². The van der Waals surface area contributed by atoms with Crippen LogP contribution in [0.2, 0.25) is 0 Å². The van der Waals surface area contributed by atoms with Crippen LogP contribution in [0.4, 0.5) is 11.4 Å². The van der Waals surface area contributed by atoms with Gasteiger partial charge >= 0.3 is 0 Å². The molecule has 0 aliphatic carbocycles. The van der Waals surface area contributed by atoms with Crippen LogP contribution >= 0.6 is 0 Å². The van der Waals surface area contributed by atoms with Gasteiger partial charge in [-0.1, -0.05) is 12.1 Å². The monoisotopic (exact) mass is 416 g/mol. The predicted molar refractivity (Wildman–Crippen MR) is 123 cm³/mol. The quantitative estimate of drug-likeness (QED) is 0.758. The molecule has 1 amide bonds. The molecule has 4 rings (SSSR count). The molecule has 2 aromatic carbocycles. The van der Waals surface area contributed by atoms with Crippen molar-refractivity contribution >= 4 is 23.4 Å². The Kier molecular flexibility index (Phi) is 6.85. The van der Waals surface area contributed by atoms with Crippen molar-refractivity contribution in [2.75, 3.05) is 49.2 Å². The normalized spacial score (nSPS) is 17.5. The summed E-state index contributed by atoms with van der Waals surface area (Å²) >= 11 is 0. The van der Waals surface area contributed by atoms with E-state index < -0.39 is 0 Å².